The lowest BCUT2D eigenvalue weighted by Gasteiger charge is -2.22. The second kappa shape index (κ2) is 19.6. The first-order valence-electron chi connectivity index (χ1n) is 22.4. The van der Waals surface area contributed by atoms with Crippen LogP contribution in [0.2, 0.25) is 0 Å². The molecule has 0 atom stereocenters. The van der Waals surface area contributed by atoms with E-state index >= 15 is 4.79 Å². The Labute approximate surface area is 382 Å². The van der Waals surface area contributed by atoms with E-state index in [1.54, 1.807) is 6.07 Å². The summed E-state index contributed by atoms with van der Waals surface area (Å²) in [5.74, 6) is -0.224. The predicted octanol–water partition coefficient (Wildman–Crippen LogP) is 15.3. The molecule has 8 aromatic carbocycles. The molecule has 0 unspecified atom stereocenters. The number of allylic oxidation sites excluding steroid dienone is 4. The number of aromatic nitrogens is 1. The average molecular weight is 848 g/mol. The molecule has 10 rings (SSSR count). The molecule has 5 nitrogen and oxygen atoms in total. The van der Waals surface area contributed by atoms with Crippen LogP contribution in [0.1, 0.15) is 55.3 Å². The van der Waals surface area contributed by atoms with Gasteiger partial charge in [-0.2, -0.15) is 0 Å². The van der Waals surface area contributed by atoms with E-state index in [0.717, 1.165) is 72.0 Å². The Bertz CT molecular complexity index is 3090. The van der Waals surface area contributed by atoms with Gasteiger partial charge >= 0.3 is 0 Å². The summed E-state index contributed by atoms with van der Waals surface area (Å²) >= 11 is 0. The highest BCUT2D eigenvalue weighted by atomic mass is 16.2. The van der Waals surface area contributed by atoms with Gasteiger partial charge in [0, 0.05) is 22.0 Å². The number of nitrogens with two attached hydrogens (primary N) is 1. The monoisotopic (exact) mass is 847 g/mol. The van der Waals surface area contributed by atoms with Crippen LogP contribution < -0.4 is 10.6 Å². The first-order valence-corrected chi connectivity index (χ1v) is 22.4. The van der Waals surface area contributed by atoms with E-state index in [9.17, 15) is 4.79 Å². The minimum atomic E-state index is -0.346. The summed E-state index contributed by atoms with van der Waals surface area (Å²) in [5.41, 5.74) is 18.5. The molecule has 65 heavy (non-hydrogen) atoms. The van der Waals surface area contributed by atoms with Crippen molar-refractivity contribution in [3.63, 3.8) is 0 Å². The van der Waals surface area contributed by atoms with Gasteiger partial charge in [-0.3, -0.25) is 9.59 Å². The number of hydrogen-bond donors (Lipinski definition) is 1. The number of amides is 2. The Hall–Kier alpha value is -8.02. The molecule has 2 amide bonds. The molecule has 1 aliphatic rings. The van der Waals surface area contributed by atoms with Crippen LogP contribution in [0.15, 0.2) is 218 Å². The van der Waals surface area contributed by atoms with Crippen LogP contribution in [0, 0.1) is 5.92 Å². The second-order valence-corrected chi connectivity index (χ2v) is 16.0. The third-order valence-electron chi connectivity index (χ3n) is 11.7. The minimum Gasteiger partial charge on any atom is -0.402 e. The van der Waals surface area contributed by atoms with Crippen LogP contribution in [0.4, 0.5) is 5.69 Å². The van der Waals surface area contributed by atoms with E-state index < -0.39 is 0 Å². The molecule has 0 aliphatic carbocycles. The lowest BCUT2D eigenvalue weighted by atomic mass is 9.92. The van der Waals surface area contributed by atoms with Crippen molar-refractivity contribution in [2.24, 2.45) is 11.7 Å². The minimum absolute atomic E-state index is 0.338. The fraction of sp³-hybridized carbons (Fsp3) is 0.100. The fourth-order valence-corrected chi connectivity index (χ4v) is 8.46. The van der Waals surface area contributed by atoms with Crippen molar-refractivity contribution in [3.05, 3.63) is 229 Å². The number of carbonyl (C=O) groups excluding carboxylic acids is 2. The Morgan fingerprint density at radius 3 is 1.43 bits per heavy atom. The lowest BCUT2D eigenvalue weighted by molar-refractivity contribution is 0.0926. The maximum atomic E-state index is 15.1. The Morgan fingerprint density at radius 2 is 0.938 bits per heavy atom. The van der Waals surface area contributed by atoms with E-state index in [0.29, 0.717) is 28.4 Å². The van der Waals surface area contributed by atoms with Crippen LogP contribution in [-0.4, -0.2) is 16.4 Å². The van der Waals surface area contributed by atoms with Crippen molar-refractivity contribution in [1.29, 1.82) is 0 Å². The van der Waals surface area contributed by atoms with Crippen LogP contribution >= 0.6 is 0 Å². The number of carbonyl (C=O) groups is 2. The zero-order chi connectivity index (χ0) is 45.5. The number of imide groups is 1. The largest absolute Gasteiger partial charge is 0.402 e. The summed E-state index contributed by atoms with van der Waals surface area (Å²) < 4.78 is 2.18. The van der Waals surface area contributed by atoms with Crippen molar-refractivity contribution >= 4 is 39.3 Å². The van der Waals surface area contributed by atoms with Gasteiger partial charge in [0.15, 0.2) is 0 Å². The standard InChI is InChI=1S/C50H32N2O2.C8H15N.C2H6/c53-49-42-24-14-26-44(48(42)50(54)52(49)43-25-13-23-39(35-19-9-3-10-20-35)47(43)36-21-11-4-12-22-36)51-45-31-37(33-15-5-1-6-16-33)27-29-40(45)41-30-28-38(32-46(41)51)34-17-7-2-8-18-34;1-4-5-6-8(9)7(2)3;1-2/h1-32H;4-7H,9H2,1-3H3;1-2H3/b;5-4-,8-6+;. The van der Waals surface area contributed by atoms with Crippen molar-refractivity contribution in [1.82, 2.24) is 4.57 Å². The summed E-state index contributed by atoms with van der Waals surface area (Å²) in [4.78, 5) is 31.1. The fourth-order valence-electron chi connectivity index (χ4n) is 8.46. The van der Waals surface area contributed by atoms with Crippen molar-refractivity contribution < 1.29 is 9.59 Å². The molecular formula is C60H53N3O2. The summed E-state index contributed by atoms with van der Waals surface area (Å²) in [7, 11) is 0. The van der Waals surface area contributed by atoms with Gasteiger partial charge in [0.2, 0.25) is 0 Å². The zero-order valence-electron chi connectivity index (χ0n) is 37.6. The van der Waals surface area contributed by atoms with Gasteiger partial charge in [0.05, 0.1) is 33.5 Å². The number of fused-ring (bicyclic) bond motifs is 4. The molecule has 5 heteroatoms. The number of hydrogen-bond acceptors (Lipinski definition) is 3. The SMILES string of the molecule is C/C=C\C=C(\N)C(C)C.CC.O=C1c2cccc(-n3c4cc(-c5ccccc5)ccc4c4ccc(-c5ccccc5)cc43)c2C(=O)N1c1cccc(-c2ccccc2)c1-c1ccccc1. The number of anilines is 1. The maximum absolute atomic E-state index is 15.1. The normalized spacial score (nSPS) is 12.3. The van der Waals surface area contributed by atoms with Crippen molar-refractivity contribution in [2.75, 3.05) is 4.90 Å². The molecule has 320 valence electrons. The first kappa shape index (κ1) is 43.6. The molecule has 0 saturated carbocycles. The Balaban J connectivity index is 0.000000471. The van der Waals surface area contributed by atoms with Crippen LogP contribution in [-0.2, 0) is 0 Å². The highest BCUT2D eigenvalue weighted by Gasteiger charge is 2.41. The molecule has 0 fully saturated rings. The number of rotatable bonds is 8. The highest BCUT2D eigenvalue weighted by molar-refractivity contribution is 6.37. The topological polar surface area (TPSA) is 68.3 Å². The Morgan fingerprint density at radius 1 is 0.477 bits per heavy atom. The summed E-state index contributed by atoms with van der Waals surface area (Å²) in [6.07, 6.45) is 5.86. The van der Waals surface area contributed by atoms with E-state index in [4.69, 9.17) is 5.73 Å². The van der Waals surface area contributed by atoms with E-state index in [1.807, 2.05) is 148 Å². The molecule has 1 aliphatic heterocycles. The van der Waals surface area contributed by atoms with Gasteiger partial charge in [-0.05, 0) is 88.2 Å². The zero-order valence-corrected chi connectivity index (χ0v) is 37.6. The van der Waals surface area contributed by atoms with Gasteiger partial charge in [0.25, 0.3) is 11.8 Å². The second-order valence-electron chi connectivity index (χ2n) is 16.0. The van der Waals surface area contributed by atoms with E-state index in [2.05, 4.69) is 97.3 Å². The number of benzene rings is 8. The molecule has 0 radical (unpaired) electrons. The van der Waals surface area contributed by atoms with Gasteiger partial charge in [-0.1, -0.05) is 204 Å². The van der Waals surface area contributed by atoms with Crippen LogP contribution in [0.3, 0.4) is 0 Å². The third kappa shape index (κ3) is 8.57. The Kier molecular flexibility index (Phi) is 13.1. The maximum Gasteiger partial charge on any atom is 0.268 e. The molecular weight excluding hydrogens is 795 g/mol. The quantitative estimate of drug-likeness (QED) is 0.122. The summed E-state index contributed by atoms with van der Waals surface area (Å²) in [6, 6.07) is 65.3. The molecule has 0 bridgehead atoms. The van der Waals surface area contributed by atoms with Gasteiger partial charge in [-0.15, -0.1) is 0 Å². The summed E-state index contributed by atoms with van der Waals surface area (Å²) in [6.45, 7) is 10.1. The number of nitrogens with zero attached hydrogens (tertiary/aromatic N) is 2. The molecule has 2 heterocycles. The smallest absolute Gasteiger partial charge is 0.268 e. The van der Waals surface area contributed by atoms with Crippen molar-refractivity contribution in [2.45, 2.75) is 34.6 Å². The van der Waals surface area contributed by atoms with Crippen molar-refractivity contribution in [3.8, 4) is 50.2 Å². The molecule has 0 spiro atoms. The first-order chi connectivity index (χ1) is 31.8. The predicted molar refractivity (Wildman–Crippen MR) is 273 cm³/mol. The summed E-state index contributed by atoms with van der Waals surface area (Å²) in [5, 5.41) is 2.13. The van der Waals surface area contributed by atoms with Gasteiger partial charge in [0.1, 0.15) is 0 Å². The van der Waals surface area contributed by atoms with E-state index in [1.165, 1.54) is 4.90 Å². The molecule has 2 N–H and O–H groups in total. The lowest BCUT2D eigenvalue weighted by Crippen LogP contribution is -2.30. The van der Waals surface area contributed by atoms with E-state index in [-0.39, 0.29) is 11.8 Å². The van der Waals surface area contributed by atoms with Crippen LogP contribution in [0.25, 0.3) is 72.0 Å². The van der Waals surface area contributed by atoms with Crippen LogP contribution in [0.5, 0.6) is 0 Å². The molecule has 9 aromatic rings. The third-order valence-corrected chi connectivity index (χ3v) is 11.7. The van der Waals surface area contributed by atoms with Gasteiger partial charge in [-0.25, -0.2) is 4.90 Å². The van der Waals surface area contributed by atoms with Gasteiger partial charge < -0.3 is 10.3 Å². The average Bonchev–Trinajstić information content (AvgIpc) is 3.83. The molecule has 0 saturated heterocycles. The highest BCUT2D eigenvalue weighted by Crippen LogP contribution is 2.44. The molecule has 1 aromatic heterocycles.